The number of hydrogen-bond donors (Lipinski definition) is 1. The minimum absolute atomic E-state index is 0.0670. The number of nitrogens with one attached hydrogen (secondary N) is 1. The van der Waals surface area contributed by atoms with Crippen LogP contribution in [0.2, 0.25) is 0 Å². The van der Waals surface area contributed by atoms with Crippen molar-refractivity contribution in [1.82, 2.24) is 14.7 Å². The van der Waals surface area contributed by atoms with Crippen LogP contribution in [0.15, 0.2) is 30.5 Å². The largest absolute Gasteiger partial charge is 0.493 e. The Morgan fingerprint density at radius 1 is 1.13 bits per heavy atom. The fourth-order valence-electron chi connectivity index (χ4n) is 4.01. The number of nitrogens with zero attached hydrogens (tertiary/aromatic N) is 3. The molecular formula is C22H28N4O4. The third-order valence-corrected chi connectivity index (χ3v) is 5.80. The first-order valence-electron chi connectivity index (χ1n) is 10.4. The van der Waals surface area contributed by atoms with Crippen LogP contribution in [-0.4, -0.2) is 53.8 Å². The maximum Gasteiger partial charge on any atom is 0.230 e. The van der Waals surface area contributed by atoms with Gasteiger partial charge in [-0.2, -0.15) is 5.10 Å². The third-order valence-electron chi connectivity index (χ3n) is 5.80. The SMILES string of the molecule is COc1cccc(Cn2nccc2NC(=O)C2CCCN(C(=O)C3CC3)C2)c1OC. The van der Waals surface area contributed by atoms with Gasteiger partial charge in [0.15, 0.2) is 11.5 Å². The first kappa shape index (κ1) is 20.3. The third kappa shape index (κ3) is 4.27. The number of benzene rings is 1. The number of methoxy groups -OCH3 is 2. The molecule has 1 saturated heterocycles. The average Bonchev–Trinajstić information content (AvgIpc) is 3.54. The van der Waals surface area contributed by atoms with E-state index in [2.05, 4.69) is 10.4 Å². The molecule has 1 atom stereocenters. The number of aromatic nitrogens is 2. The number of rotatable bonds is 7. The molecule has 1 saturated carbocycles. The summed E-state index contributed by atoms with van der Waals surface area (Å²) in [6.45, 7) is 1.69. The first-order chi connectivity index (χ1) is 14.6. The van der Waals surface area contributed by atoms with Gasteiger partial charge in [0.1, 0.15) is 5.82 Å². The number of para-hydroxylation sites is 1. The highest BCUT2D eigenvalue weighted by Crippen LogP contribution is 2.33. The molecule has 8 nitrogen and oxygen atoms in total. The molecule has 0 radical (unpaired) electrons. The van der Waals surface area contributed by atoms with Gasteiger partial charge < -0.3 is 19.7 Å². The summed E-state index contributed by atoms with van der Waals surface area (Å²) in [7, 11) is 3.20. The molecule has 30 heavy (non-hydrogen) atoms. The van der Waals surface area contributed by atoms with Crippen molar-refractivity contribution in [2.75, 3.05) is 32.6 Å². The van der Waals surface area contributed by atoms with Crippen LogP contribution in [0.4, 0.5) is 5.82 Å². The molecule has 1 aromatic heterocycles. The number of anilines is 1. The van der Waals surface area contributed by atoms with E-state index in [0.29, 0.717) is 30.4 Å². The van der Waals surface area contributed by atoms with E-state index in [9.17, 15) is 9.59 Å². The minimum Gasteiger partial charge on any atom is -0.493 e. The lowest BCUT2D eigenvalue weighted by Gasteiger charge is -2.32. The Labute approximate surface area is 176 Å². The highest BCUT2D eigenvalue weighted by Gasteiger charge is 2.36. The van der Waals surface area contributed by atoms with Crippen LogP contribution < -0.4 is 14.8 Å². The number of carbonyl (C=O) groups is 2. The summed E-state index contributed by atoms with van der Waals surface area (Å²) < 4.78 is 12.6. The molecule has 1 unspecified atom stereocenters. The summed E-state index contributed by atoms with van der Waals surface area (Å²) in [5.74, 6) is 2.05. The van der Waals surface area contributed by atoms with E-state index in [1.807, 2.05) is 23.1 Å². The Kier molecular flexibility index (Phi) is 5.92. The van der Waals surface area contributed by atoms with Crippen molar-refractivity contribution in [1.29, 1.82) is 0 Å². The van der Waals surface area contributed by atoms with Crippen LogP contribution in [0.5, 0.6) is 11.5 Å². The molecule has 2 aromatic rings. The fraction of sp³-hybridized carbons (Fsp3) is 0.500. The Hall–Kier alpha value is -3.03. The highest BCUT2D eigenvalue weighted by molar-refractivity contribution is 5.92. The fourth-order valence-corrected chi connectivity index (χ4v) is 4.01. The van der Waals surface area contributed by atoms with Gasteiger partial charge in [0.05, 0.1) is 32.9 Å². The van der Waals surface area contributed by atoms with E-state index < -0.39 is 0 Å². The van der Waals surface area contributed by atoms with E-state index in [-0.39, 0.29) is 23.7 Å². The van der Waals surface area contributed by atoms with Gasteiger partial charge in [-0.05, 0) is 31.7 Å². The lowest BCUT2D eigenvalue weighted by molar-refractivity contribution is -0.135. The lowest BCUT2D eigenvalue weighted by Crippen LogP contribution is -2.44. The van der Waals surface area contributed by atoms with Crippen LogP contribution in [0, 0.1) is 11.8 Å². The molecule has 1 aromatic carbocycles. The number of carbonyl (C=O) groups excluding carboxylic acids is 2. The standard InChI is InChI=1S/C22H28N4O4/c1-29-18-7-3-5-16(20(18)30-2)14-26-19(10-11-23-26)24-21(27)17-6-4-12-25(13-17)22(28)15-8-9-15/h3,5,7,10-11,15,17H,4,6,8-9,12-14H2,1-2H3,(H,24,27). The Balaban J connectivity index is 1.43. The number of piperidine rings is 1. The lowest BCUT2D eigenvalue weighted by atomic mass is 9.96. The normalized spacial score (nSPS) is 18.7. The molecule has 2 aliphatic rings. The summed E-state index contributed by atoms with van der Waals surface area (Å²) in [5, 5.41) is 7.36. The van der Waals surface area contributed by atoms with Gasteiger partial charge in [0.25, 0.3) is 0 Å². The van der Waals surface area contributed by atoms with E-state index in [4.69, 9.17) is 9.47 Å². The van der Waals surface area contributed by atoms with Crippen LogP contribution >= 0.6 is 0 Å². The summed E-state index contributed by atoms with van der Waals surface area (Å²) in [5.41, 5.74) is 0.898. The van der Waals surface area contributed by atoms with Gasteiger partial charge in [0, 0.05) is 30.6 Å². The van der Waals surface area contributed by atoms with E-state index in [0.717, 1.165) is 37.8 Å². The molecule has 160 valence electrons. The van der Waals surface area contributed by atoms with Gasteiger partial charge in [-0.1, -0.05) is 12.1 Å². The zero-order valence-corrected chi connectivity index (χ0v) is 17.5. The van der Waals surface area contributed by atoms with Crippen molar-refractivity contribution in [3.63, 3.8) is 0 Å². The monoisotopic (exact) mass is 412 g/mol. The smallest absolute Gasteiger partial charge is 0.230 e. The van der Waals surface area contributed by atoms with Gasteiger partial charge in [-0.25, -0.2) is 4.68 Å². The van der Waals surface area contributed by atoms with E-state index >= 15 is 0 Å². The maximum absolute atomic E-state index is 12.9. The summed E-state index contributed by atoms with van der Waals surface area (Å²) in [4.78, 5) is 27.2. The van der Waals surface area contributed by atoms with Gasteiger partial charge in [-0.3, -0.25) is 9.59 Å². The highest BCUT2D eigenvalue weighted by atomic mass is 16.5. The van der Waals surface area contributed by atoms with Crippen molar-refractivity contribution in [3.8, 4) is 11.5 Å². The Bertz CT molecular complexity index is 922. The molecule has 2 fully saturated rings. The second-order valence-corrected chi connectivity index (χ2v) is 7.91. The summed E-state index contributed by atoms with van der Waals surface area (Å²) in [6, 6.07) is 7.45. The predicted molar refractivity (Wildman–Crippen MR) is 112 cm³/mol. The zero-order chi connectivity index (χ0) is 21.1. The van der Waals surface area contributed by atoms with Crippen molar-refractivity contribution in [2.24, 2.45) is 11.8 Å². The van der Waals surface area contributed by atoms with Crippen LogP contribution in [-0.2, 0) is 16.1 Å². The van der Waals surface area contributed by atoms with Crippen molar-refractivity contribution < 1.29 is 19.1 Å². The molecule has 2 amide bonds. The number of hydrogen-bond acceptors (Lipinski definition) is 5. The summed E-state index contributed by atoms with van der Waals surface area (Å²) in [6.07, 6.45) is 5.28. The Morgan fingerprint density at radius 2 is 1.97 bits per heavy atom. The van der Waals surface area contributed by atoms with Crippen LogP contribution in [0.3, 0.4) is 0 Å². The molecule has 1 N–H and O–H groups in total. The zero-order valence-electron chi connectivity index (χ0n) is 17.5. The topological polar surface area (TPSA) is 85.7 Å². The average molecular weight is 412 g/mol. The molecule has 8 heteroatoms. The predicted octanol–water partition coefficient (Wildman–Crippen LogP) is 2.54. The molecular weight excluding hydrogens is 384 g/mol. The molecule has 1 aliphatic heterocycles. The first-order valence-corrected chi connectivity index (χ1v) is 10.4. The maximum atomic E-state index is 12.9. The molecule has 1 aliphatic carbocycles. The van der Waals surface area contributed by atoms with E-state index in [1.54, 1.807) is 31.2 Å². The quantitative estimate of drug-likeness (QED) is 0.755. The van der Waals surface area contributed by atoms with Gasteiger partial charge in [-0.15, -0.1) is 0 Å². The summed E-state index contributed by atoms with van der Waals surface area (Å²) >= 11 is 0. The van der Waals surface area contributed by atoms with Crippen molar-refractivity contribution >= 4 is 17.6 Å². The van der Waals surface area contributed by atoms with Crippen LogP contribution in [0.1, 0.15) is 31.2 Å². The second-order valence-electron chi connectivity index (χ2n) is 7.91. The molecule has 0 bridgehead atoms. The van der Waals surface area contributed by atoms with Crippen molar-refractivity contribution in [2.45, 2.75) is 32.2 Å². The van der Waals surface area contributed by atoms with Gasteiger partial charge >= 0.3 is 0 Å². The minimum atomic E-state index is -0.198. The van der Waals surface area contributed by atoms with Gasteiger partial charge in [0.2, 0.25) is 11.8 Å². The molecule has 4 rings (SSSR count). The number of amides is 2. The molecule has 2 heterocycles. The van der Waals surface area contributed by atoms with E-state index in [1.165, 1.54) is 0 Å². The Morgan fingerprint density at radius 3 is 2.70 bits per heavy atom. The van der Waals surface area contributed by atoms with Crippen LogP contribution in [0.25, 0.3) is 0 Å². The molecule has 0 spiro atoms. The van der Waals surface area contributed by atoms with Crippen molar-refractivity contribution in [3.05, 3.63) is 36.0 Å². The number of likely N-dealkylation sites (tertiary alicyclic amines) is 1. The number of ether oxygens (including phenoxy) is 2. The second kappa shape index (κ2) is 8.77.